The lowest BCUT2D eigenvalue weighted by molar-refractivity contribution is -0.00305. The fourth-order valence-corrected chi connectivity index (χ4v) is 3.41. The first-order valence-corrected chi connectivity index (χ1v) is 8.13. The molecular formula is C16H22ClNO2S. The highest BCUT2D eigenvalue weighted by Crippen LogP contribution is 2.22. The summed E-state index contributed by atoms with van der Waals surface area (Å²) in [7, 11) is 0. The molecule has 2 aromatic rings. The van der Waals surface area contributed by atoms with E-state index in [4.69, 9.17) is 4.74 Å². The van der Waals surface area contributed by atoms with E-state index in [2.05, 4.69) is 34.5 Å². The lowest BCUT2D eigenvalue weighted by atomic mass is 10.1. The Kier molecular flexibility index (Phi) is 6.45. The number of ether oxygens (including phenoxy) is 1. The molecule has 116 valence electrons. The number of thiophene rings is 1. The number of β-amino-alcohol motifs (C(OH)–C–C–N with tert-alkyl or cyclic N) is 1. The molecule has 0 atom stereocenters. The minimum absolute atomic E-state index is 0. The van der Waals surface area contributed by atoms with Crippen LogP contribution in [0.2, 0.25) is 0 Å². The SMILES string of the molecule is Cl.OC1CN(CCCOCCc2ccc3ccsc3c2)C1. The van der Waals surface area contributed by atoms with Gasteiger partial charge in [-0.2, -0.15) is 0 Å². The first kappa shape index (κ1) is 16.7. The standard InChI is InChI=1S/C16H21NO2S.ClH/c18-15-11-17(12-15)6-1-7-19-8-4-13-2-3-14-5-9-20-16(14)10-13;/h2-3,5,9-10,15,18H,1,4,6-8,11-12H2;1H. The Hall–Kier alpha value is -0.650. The van der Waals surface area contributed by atoms with Gasteiger partial charge in [0.2, 0.25) is 0 Å². The largest absolute Gasteiger partial charge is 0.390 e. The van der Waals surface area contributed by atoms with Gasteiger partial charge in [0, 0.05) is 30.9 Å². The lowest BCUT2D eigenvalue weighted by Crippen LogP contribution is -2.50. The molecule has 3 nitrogen and oxygen atoms in total. The van der Waals surface area contributed by atoms with E-state index in [0.717, 1.165) is 45.7 Å². The summed E-state index contributed by atoms with van der Waals surface area (Å²) in [6, 6.07) is 8.81. The molecule has 1 saturated heterocycles. The molecule has 1 aromatic carbocycles. The Balaban J connectivity index is 0.00000161. The molecule has 0 saturated carbocycles. The van der Waals surface area contributed by atoms with Crippen LogP contribution in [0.3, 0.4) is 0 Å². The van der Waals surface area contributed by atoms with Crippen molar-refractivity contribution in [2.24, 2.45) is 0 Å². The van der Waals surface area contributed by atoms with Crippen LogP contribution in [0.15, 0.2) is 29.6 Å². The zero-order valence-corrected chi connectivity index (χ0v) is 13.7. The maximum atomic E-state index is 9.17. The van der Waals surface area contributed by atoms with Gasteiger partial charge in [-0.1, -0.05) is 12.1 Å². The predicted molar refractivity (Wildman–Crippen MR) is 90.7 cm³/mol. The number of nitrogens with zero attached hydrogens (tertiary/aromatic N) is 1. The van der Waals surface area contributed by atoms with Crippen molar-refractivity contribution >= 4 is 33.8 Å². The molecule has 1 aromatic heterocycles. The highest BCUT2D eigenvalue weighted by atomic mass is 35.5. The summed E-state index contributed by atoms with van der Waals surface area (Å²) < 4.78 is 7.05. The van der Waals surface area contributed by atoms with E-state index in [1.54, 1.807) is 11.3 Å². The molecular weight excluding hydrogens is 306 g/mol. The van der Waals surface area contributed by atoms with Crippen molar-refractivity contribution in [3.8, 4) is 0 Å². The van der Waals surface area contributed by atoms with Crippen LogP contribution in [0.25, 0.3) is 10.1 Å². The van der Waals surface area contributed by atoms with Gasteiger partial charge in [-0.25, -0.2) is 0 Å². The number of hydrogen-bond acceptors (Lipinski definition) is 4. The number of fused-ring (bicyclic) bond motifs is 1. The number of likely N-dealkylation sites (tertiary alicyclic amines) is 1. The van der Waals surface area contributed by atoms with Gasteiger partial charge in [-0.3, -0.25) is 4.90 Å². The Morgan fingerprint density at radius 2 is 2.10 bits per heavy atom. The van der Waals surface area contributed by atoms with Crippen LogP contribution in [0.4, 0.5) is 0 Å². The Morgan fingerprint density at radius 1 is 1.24 bits per heavy atom. The second kappa shape index (κ2) is 8.11. The van der Waals surface area contributed by atoms with Crippen molar-refractivity contribution in [2.45, 2.75) is 18.9 Å². The molecule has 0 unspecified atom stereocenters. The molecule has 0 amide bonds. The van der Waals surface area contributed by atoms with E-state index in [1.165, 1.54) is 15.6 Å². The summed E-state index contributed by atoms with van der Waals surface area (Å²) in [4.78, 5) is 2.26. The van der Waals surface area contributed by atoms with Gasteiger partial charge in [0.05, 0.1) is 12.7 Å². The van der Waals surface area contributed by atoms with Crippen LogP contribution >= 0.6 is 23.7 Å². The van der Waals surface area contributed by atoms with Crippen LogP contribution < -0.4 is 0 Å². The topological polar surface area (TPSA) is 32.7 Å². The van der Waals surface area contributed by atoms with Gasteiger partial charge in [-0.05, 0) is 41.3 Å². The summed E-state index contributed by atoms with van der Waals surface area (Å²) in [6.07, 6.45) is 1.94. The van der Waals surface area contributed by atoms with Gasteiger partial charge in [0.25, 0.3) is 0 Å². The lowest BCUT2D eigenvalue weighted by Gasteiger charge is -2.35. The van der Waals surface area contributed by atoms with Gasteiger partial charge >= 0.3 is 0 Å². The minimum atomic E-state index is -0.0944. The van der Waals surface area contributed by atoms with E-state index >= 15 is 0 Å². The molecule has 0 bridgehead atoms. The Labute approximate surface area is 135 Å². The average Bonchev–Trinajstić information content (AvgIpc) is 2.87. The number of aliphatic hydroxyl groups excluding tert-OH is 1. The number of aliphatic hydroxyl groups is 1. The first-order chi connectivity index (χ1) is 9.81. The minimum Gasteiger partial charge on any atom is -0.390 e. The fourth-order valence-electron chi connectivity index (χ4n) is 2.56. The van der Waals surface area contributed by atoms with Gasteiger partial charge < -0.3 is 9.84 Å². The zero-order valence-electron chi connectivity index (χ0n) is 12.0. The predicted octanol–water partition coefficient (Wildman–Crippen LogP) is 2.95. The molecule has 1 fully saturated rings. The summed E-state index contributed by atoms with van der Waals surface area (Å²) >= 11 is 1.79. The smallest absolute Gasteiger partial charge is 0.0793 e. The fraction of sp³-hybridized carbons (Fsp3) is 0.500. The monoisotopic (exact) mass is 327 g/mol. The second-order valence-corrected chi connectivity index (χ2v) is 6.37. The maximum absolute atomic E-state index is 9.17. The van der Waals surface area contributed by atoms with E-state index in [1.807, 2.05) is 0 Å². The maximum Gasteiger partial charge on any atom is 0.0793 e. The Bertz CT molecular complexity index is 554. The molecule has 2 heterocycles. The van der Waals surface area contributed by atoms with E-state index < -0.39 is 0 Å². The van der Waals surface area contributed by atoms with Crippen molar-refractivity contribution in [2.75, 3.05) is 32.8 Å². The number of halogens is 1. The van der Waals surface area contributed by atoms with Gasteiger partial charge in [0.1, 0.15) is 0 Å². The molecule has 1 aliphatic heterocycles. The second-order valence-electron chi connectivity index (χ2n) is 5.42. The van der Waals surface area contributed by atoms with Crippen molar-refractivity contribution in [3.05, 3.63) is 35.2 Å². The highest BCUT2D eigenvalue weighted by Gasteiger charge is 2.22. The number of benzene rings is 1. The number of rotatable bonds is 7. The van der Waals surface area contributed by atoms with Crippen molar-refractivity contribution in [3.63, 3.8) is 0 Å². The quantitative estimate of drug-likeness (QED) is 0.794. The van der Waals surface area contributed by atoms with Crippen molar-refractivity contribution in [1.29, 1.82) is 0 Å². The van der Waals surface area contributed by atoms with Gasteiger partial charge in [-0.15, -0.1) is 23.7 Å². The molecule has 5 heteroatoms. The summed E-state index contributed by atoms with van der Waals surface area (Å²) in [5.41, 5.74) is 1.35. The van der Waals surface area contributed by atoms with E-state index in [-0.39, 0.29) is 18.5 Å². The van der Waals surface area contributed by atoms with Crippen molar-refractivity contribution < 1.29 is 9.84 Å². The van der Waals surface area contributed by atoms with Crippen LogP contribution in [0, 0.1) is 0 Å². The van der Waals surface area contributed by atoms with Gasteiger partial charge in [0.15, 0.2) is 0 Å². The third-order valence-electron chi connectivity index (χ3n) is 3.76. The molecule has 3 rings (SSSR count). The summed E-state index contributed by atoms with van der Waals surface area (Å²) in [5, 5.41) is 12.6. The third kappa shape index (κ3) is 4.66. The molecule has 1 aliphatic rings. The van der Waals surface area contributed by atoms with Crippen LogP contribution in [0.1, 0.15) is 12.0 Å². The van der Waals surface area contributed by atoms with Crippen molar-refractivity contribution in [1.82, 2.24) is 4.90 Å². The molecule has 21 heavy (non-hydrogen) atoms. The highest BCUT2D eigenvalue weighted by molar-refractivity contribution is 7.17. The third-order valence-corrected chi connectivity index (χ3v) is 4.64. The van der Waals surface area contributed by atoms with Crippen LogP contribution in [-0.4, -0.2) is 49.0 Å². The normalized spacial score (nSPS) is 15.9. The first-order valence-electron chi connectivity index (χ1n) is 7.25. The Morgan fingerprint density at radius 3 is 2.90 bits per heavy atom. The molecule has 0 radical (unpaired) electrons. The van der Waals surface area contributed by atoms with Crippen LogP contribution in [-0.2, 0) is 11.2 Å². The summed E-state index contributed by atoms with van der Waals surface area (Å²) in [5.74, 6) is 0. The number of hydrogen-bond donors (Lipinski definition) is 1. The molecule has 0 aliphatic carbocycles. The average molecular weight is 328 g/mol. The summed E-state index contributed by atoms with van der Waals surface area (Å²) in [6.45, 7) is 4.31. The zero-order chi connectivity index (χ0) is 13.8. The molecule has 0 spiro atoms. The van der Waals surface area contributed by atoms with Crippen LogP contribution in [0.5, 0.6) is 0 Å². The van der Waals surface area contributed by atoms with E-state index in [9.17, 15) is 5.11 Å². The van der Waals surface area contributed by atoms with E-state index in [0.29, 0.717) is 0 Å². The molecule has 1 N–H and O–H groups in total.